The number of hydrogen-bond donors (Lipinski definition) is 3. The molecule has 3 N–H and O–H groups in total. The lowest BCUT2D eigenvalue weighted by Gasteiger charge is -2.08. The first-order valence-corrected chi connectivity index (χ1v) is 7.57. The molecule has 0 aromatic heterocycles. The van der Waals surface area contributed by atoms with E-state index >= 15 is 0 Å². The van der Waals surface area contributed by atoms with Gasteiger partial charge in [-0.25, -0.2) is 0 Å². The van der Waals surface area contributed by atoms with Gasteiger partial charge in [-0.2, -0.15) is 0 Å². The van der Waals surface area contributed by atoms with Gasteiger partial charge in [0.2, 0.25) is 0 Å². The van der Waals surface area contributed by atoms with Crippen molar-refractivity contribution in [2.24, 2.45) is 0 Å². The third kappa shape index (κ3) is 4.79. The second-order valence-corrected chi connectivity index (χ2v) is 5.15. The molecule has 2 aromatic carbocycles. The zero-order valence-electron chi connectivity index (χ0n) is 13.1. The van der Waals surface area contributed by atoms with Crippen LogP contribution in [-0.4, -0.2) is 29.1 Å². The van der Waals surface area contributed by atoms with E-state index in [0.717, 1.165) is 5.69 Å². The zero-order chi connectivity index (χ0) is 17.4. The van der Waals surface area contributed by atoms with E-state index in [-0.39, 0.29) is 18.2 Å². The normalized spacial score (nSPS) is 10.2. The zero-order valence-corrected chi connectivity index (χ0v) is 13.1. The standard InChI is InChI=1S/C17H19N3O4/c21-11-3-10-18-17(22)13-6-8-15(9-7-13)19-12-14-4-1-2-5-16(14)20(23)24/h1-2,4-9,19,21H,3,10-12H2,(H,18,22). The summed E-state index contributed by atoms with van der Waals surface area (Å²) in [5.41, 5.74) is 1.95. The van der Waals surface area contributed by atoms with Gasteiger partial charge in [0, 0.05) is 42.6 Å². The predicted octanol–water partition coefficient (Wildman–Crippen LogP) is 2.32. The molecule has 7 nitrogen and oxygen atoms in total. The number of nitro benzene ring substituents is 1. The quantitative estimate of drug-likeness (QED) is 0.392. The Morgan fingerprint density at radius 1 is 1.12 bits per heavy atom. The Labute approximate surface area is 139 Å². The highest BCUT2D eigenvalue weighted by Crippen LogP contribution is 2.19. The second-order valence-electron chi connectivity index (χ2n) is 5.15. The highest BCUT2D eigenvalue weighted by Gasteiger charge is 2.11. The van der Waals surface area contributed by atoms with Crippen molar-refractivity contribution in [3.63, 3.8) is 0 Å². The third-order valence-corrected chi connectivity index (χ3v) is 3.44. The van der Waals surface area contributed by atoms with Gasteiger partial charge in [0.15, 0.2) is 0 Å². The number of hydrogen-bond acceptors (Lipinski definition) is 5. The maximum Gasteiger partial charge on any atom is 0.274 e. The average molecular weight is 329 g/mol. The molecule has 0 saturated carbocycles. The Morgan fingerprint density at radius 3 is 2.50 bits per heavy atom. The number of amides is 1. The third-order valence-electron chi connectivity index (χ3n) is 3.44. The molecule has 0 unspecified atom stereocenters. The van der Waals surface area contributed by atoms with Gasteiger partial charge in [-0.15, -0.1) is 0 Å². The topological polar surface area (TPSA) is 104 Å². The number of nitrogens with zero attached hydrogens (tertiary/aromatic N) is 1. The predicted molar refractivity (Wildman–Crippen MR) is 90.9 cm³/mol. The molecule has 0 bridgehead atoms. The second kappa shape index (κ2) is 8.64. The van der Waals surface area contributed by atoms with Crippen molar-refractivity contribution in [3.05, 3.63) is 69.8 Å². The van der Waals surface area contributed by atoms with E-state index in [9.17, 15) is 14.9 Å². The van der Waals surface area contributed by atoms with Gasteiger partial charge in [0.05, 0.1) is 4.92 Å². The van der Waals surface area contributed by atoms with Gasteiger partial charge in [-0.05, 0) is 30.7 Å². The number of carbonyl (C=O) groups excluding carboxylic acids is 1. The van der Waals surface area contributed by atoms with Crippen LogP contribution in [0.5, 0.6) is 0 Å². The fourth-order valence-electron chi connectivity index (χ4n) is 2.16. The minimum atomic E-state index is -0.406. The Bertz CT molecular complexity index is 701. The van der Waals surface area contributed by atoms with Crippen LogP contribution in [0.2, 0.25) is 0 Å². The summed E-state index contributed by atoms with van der Waals surface area (Å²) in [4.78, 5) is 22.4. The van der Waals surface area contributed by atoms with Crippen LogP contribution in [0, 0.1) is 10.1 Å². The highest BCUT2D eigenvalue weighted by molar-refractivity contribution is 5.94. The first kappa shape index (κ1) is 17.4. The number of aliphatic hydroxyl groups excluding tert-OH is 1. The van der Waals surface area contributed by atoms with Crippen molar-refractivity contribution < 1.29 is 14.8 Å². The number of nitro groups is 1. The van der Waals surface area contributed by atoms with Crippen molar-refractivity contribution in [2.75, 3.05) is 18.5 Å². The van der Waals surface area contributed by atoms with E-state index in [0.29, 0.717) is 30.6 Å². The molecule has 0 saturated heterocycles. The molecule has 0 heterocycles. The van der Waals surface area contributed by atoms with Gasteiger partial charge in [0.25, 0.3) is 11.6 Å². The van der Waals surface area contributed by atoms with Crippen molar-refractivity contribution >= 4 is 17.3 Å². The molecule has 24 heavy (non-hydrogen) atoms. The minimum Gasteiger partial charge on any atom is -0.396 e. The van der Waals surface area contributed by atoms with E-state index in [1.165, 1.54) is 6.07 Å². The number of aliphatic hydroxyl groups is 1. The number of carbonyl (C=O) groups is 1. The molecule has 2 rings (SSSR count). The summed E-state index contributed by atoms with van der Waals surface area (Å²) in [6.45, 7) is 0.779. The highest BCUT2D eigenvalue weighted by atomic mass is 16.6. The lowest BCUT2D eigenvalue weighted by molar-refractivity contribution is -0.385. The molecule has 7 heteroatoms. The molecule has 0 aliphatic carbocycles. The fourth-order valence-corrected chi connectivity index (χ4v) is 2.16. The lowest BCUT2D eigenvalue weighted by atomic mass is 10.1. The largest absolute Gasteiger partial charge is 0.396 e. The monoisotopic (exact) mass is 329 g/mol. The van der Waals surface area contributed by atoms with Crippen molar-refractivity contribution in [3.8, 4) is 0 Å². The molecule has 0 fully saturated rings. The summed E-state index contributed by atoms with van der Waals surface area (Å²) in [6.07, 6.45) is 0.515. The molecule has 126 valence electrons. The van der Waals surface area contributed by atoms with Gasteiger partial charge in [0.1, 0.15) is 0 Å². The first-order valence-electron chi connectivity index (χ1n) is 7.57. The summed E-state index contributed by atoms with van der Waals surface area (Å²) in [5, 5.41) is 25.5. The fraction of sp³-hybridized carbons (Fsp3) is 0.235. The van der Waals surface area contributed by atoms with E-state index in [2.05, 4.69) is 10.6 Å². The van der Waals surface area contributed by atoms with E-state index < -0.39 is 4.92 Å². The maximum absolute atomic E-state index is 11.8. The summed E-state index contributed by atoms with van der Waals surface area (Å²) in [6, 6.07) is 13.4. The Hall–Kier alpha value is -2.93. The number of nitrogens with one attached hydrogen (secondary N) is 2. The number of rotatable bonds is 8. The molecule has 0 radical (unpaired) electrons. The summed E-state index contributed by atoms with van der Waals surface area (Å²) < 4.78 is 0. The van der Waals surface area contributed by atoms with Crippen LogP contribution in [0.25, 0.3) is 0 Å². The summed E-state index contributed by atoms with van der Waals surface area (Å²) >= 11 is 0. The molecule has 1 amide bonds. The average Bonchev–Trinajstić information content (AvgIpc) is 2.60. The smallest absolute Gasteiger partial charge is 0.274 e. The van der Waals surface area contributed by atoms with Gasteiger partial charge < -0.3 is 15.7 Å². The Morgan fingerprint density at radius 2 is 1.83 bits per heavy atom. The number of anilines is 1. The van der Waals surface area contributed by atoms with Crippen molar-refractivity contribution in [1.29, 1.82) is 0 Å². The van der Waals surface area contributed by atoms with E-state index in [4.69, 9.17) is 5.11 Å². The summed E-state index contributed by atoms with van der Waals surface area (Å²) in [5.74, 6) is -0.200. The van der Waals surface area contributed by atoms with Crippen molar-refractivity contribution in [1.82, 2.24) is 5.32 Å². The molecule has 0 atom stereocenters. The van der Waals surface area contributed by atoms with Gasteiger partial charge in [-0.3, -0.25) is 14.9 Å². The summed E-state index contributed by atoms with van der Waals surface area (Å²) in [7, 11) is 0. The molecule has 0 aliphatic rings. The lowest BCUT2D eigenvalue weighted by Crippen LogP contribution is -2.24. The molecule has 2 aromatic rings. The van der Waals surface area contributed by atoms with E-state index in [1.807, 2.05) is 0 Å². The Kier molecular flexibility index (Phi) is 6.27. The minimum absolute atomic E-state index is 0.0365. The number of para-hydroxylation sites is 1. The van der Waals surface area contributed by atoms with Crippen LogP contribution < -0.4 is 10.6 Å². The SMILES string of the molecule is O=C(NCCCO)c1ccc(NCc2ccccc2[N+](=O)[O-])cc1. The first-order chi connectivity index (χ1) is 11.6. The Balaban J connectivity index is 1.95. The molecule has 0 aliphatic heterocycles. The molecular formula is C17H19N3O4. The van der Waals surface area contributed by atoms with Crippen LogP contribution in [0.15, 0.2) is 48.5 Å². The van der Waals surface area contributed by atoms with Crippen LogP contribution >= 0.6 is 0 Å². The van der Waals surface area contributed by atoms with Crippen LogP contribution in [-0.2, 0) is 6.54 Å². The van der Waals surface area contributed by atoms with Crippen LogP contribution in [0.4, 0.5) is 11.4 Å². The van der Waals surface area contributed by atoms with Crippen molar-refractivity contribution in [2.45, 2.75) is 13.0 Å². The van der Waals surface area contributed by atoms with Gasteiger partial charge >= 0.3 is 0 Å². The maximum atomic E-state index is 11.8. The van der Waals surface area contributed by atoms with Gasteiger partial charge in [-0.1, -0.05) is 18.2 Å². The molecular weight excluding hydrogens is 310 g/mol. The van der Waals surface area contributed by atoms with Crippen LogP contribution in [0.1, 0.15) is 22.3 Å². The van der Waals surface area contributed by atoms with Crippen LogP contribution in [0.3, 0.4) is 0 Å². The van der Waals surface area contributed by atoms with E-state index in [1.54, 1.807) is 42.5 Å². The number of benzene rings is 2. The molecule has 0 spiro atoms.